The first-order chi connectivity index (χ1) is 7.15. The molecule has 1 heteroatoms. The van der Waals surface area contributed by atoms with E-state index in [0.717, 1.165) is 12.5 Å². The van der Waals surface area contributed by atoms with Crippen LogP contribution in [0.15, 0.2) is 18.2 Å². The van der Waals surface area contributed by atoms with Crippen molar-refractivity contribution in [1.82, 2.24) is 0 Å². The van der Waals surface area contributed by atoms with Crippen molar-refractivity contribution in [1.29, 1.82) is 0 Å². The highest BCUT2D eigenvalue weighted by molar-refractivity contribution is 5.53. The van der Waals surface area contributed by atoms with Crippen LogP contribution < -0.4 is 5.32 Å². The topological polar surface area (TPSA) is 12.0 Å². The van der Waals surface area contributed by atoms with Crippen LogP contribution in [0, 0.1) is 19.8 Å². The first-order valence-electron chi connectivity index (χ1n) is 5.95. The number of anilines is 1. The van der Waals surface area contributed by atoms with Gasteiger partial charge in [0.2, 0.25) is 0 Å². The minimum Gasteiger partial charge on any atom is -0.385 e. The van der Waals surface area contributed by atoms with Crippen LogP contribution >= 0.6 is 0 Å². The lowest BCUT2D eigenvalue weighted by molar-refractivity contribution is 0.550. The standard InChI is InChI=1S/C14H23N/c1-5-7-11(2)10-15-14-9-6-8-12(3)13(14)4/h6,8-9,11,15H,5,7,10H2,1-4H3. The van der Waals surface area contributed by atoms with Gasteiger partial charge in [-0.3, -0.25) is 0 Å². The van der Waals surface area contributed by atoms with Gasteiger partial charge in [-0.15, -0.1) is 0 Å². The third-order valence-electron chi connectivity index (χ3n) is 3.03. The molecule has 0 aromatic heterocycles. The van der Waals surface area contributed by atoms with E-state index in [0.29, 0.717) is 0 Å². The monoisotopic (exact) mass is 205 g/mol. The van der Waals surface area contributed by atoms with Gasteiger partial charge in [0.1, 0.15) is 0 Å². The molecule has 0 spiro atoms. The van der Waals surface area contributed by atoms with E-state index in [9.17, 15) is 0 Å². The maximum Gasteiger partial charge on any atom is 0.0372 e. The summed E-state index contributed by atoms with van der Waals surface area (Å²) in [6.07, 6.45) is 2.58. The van der Waals surface area contributed by atoms with Crippen LogP contribution in [0.25, 0.3) is 0 Å². The highest BCUT2D eigenvalue weighted by Crippen LogP contribution is 2.18. The average Bonchev–Trinajstić information content (AvgIpc) is 2.21. The molecule has 15 heavy (non-hydrogen) atoms. The molecule has 1 rings (SSSR count). The summed E-state index contributed by atoms with van der Waals surface area (Å²) in [7, 11) is 0. The van der Waals surface area contributed by atoms with E-state index < -0.39 is 0 Å². The second-order valence-electron chi connectivity index (χ2n) is 4.52. The number of nitrogens with one attached hydrogen (secondary N) is 1. The largest absolute Gasteiger partial charge is 0.385 e. The molecule has 0 saturated carbocycles. The normalized spacial score (nSPS) is 12.5. The van der Waals surface area contributed by atoms with Crippen molar-refractivity contribution < 1.29 is 0 Å². The second-order valence-corrected chi connectivity index (χ2v) is 4.52. The van der Waals surface area contributed by atoms with Gasteiger partial charge in [0, 0.05) is 12.2 Å². The van der Waals surface area contributed by atoms with Crippen LogP contribution in [-0.4, -0.2) is 6.54 Å². The van der Waals surface area contributed by atoms with Crippen molar-refractivity contribution in [2.24, 2.45) is 5.92 Å². The summed E-state index contributed by atoms with van der Waals surface area (Å²) in [5.74, 6) is 0.759. The molecule has 0 radical (unpaired) electrons. The molecule has 0 aliphatic rings. The van der Waals surface area contributed by atoms with E-state index in [1.54, 1.807) is 0 Å². The summed E-state index contributed by atoms with van der Waals surface area (Å²) >= 11 is 0. The molecule has 1 nitrogen and oxygen atoms in total. The van der Waals surface area contributed by atoms with Crippen molar-refractivity contribution in [2.45, 2.75) is 40.5 Å². The molecule has 0 aliphatic carbocycles. The van der Waals surface area contributed by atoms with Crippen molar-refractivity contribution >= 4 is 5.69 Å². The second kappa shape index (κ2) is 5.79. The molecule has 84 valence electrons. The fourth-order valence-electron chi connectivity index (χ4n) is 1.82. The third kappa shape index (κ3) is 3.58. The van der Waals surface area contributed by atoms with E-state index in [1.165, 1.54) is 29.7 Å². The SMILES string of the molecule is CCCC(C)CNc1cccc(C)c1C. The van der Waals surface area contributed by atoms with Gasteiger partial charge in [0.05, 0.1) is 0 Å². The fourth-order valence-corrected chi connectivity index (χ4v) is 1.82. The molecule has 0 saturated heterocycles. The smallest absolute Gasteiger partial charge is 0.0372 e. The van der Waals surface area contributed by atoms with Gasteiger partial charge in [-0.1, -0.05) is 32.4 Å². The molecule has 0 heterocycles. The van der Waals surface area contributed by atoms with Gasteiger partial charge in [-0.25, -0.2) is 0 Å². The highest BCUT2D eigenvalue weighted by Gasteiger charge is 2.03. The van der Waals surface area contributed by atoms with Crippen LogP contribution in [-0.2, 0) is 0 Å². The summed E-state index contributed by atoms with van der Waals surface area (Å²) < 4.78 is 0. The number of hydrogen-bond donors (Lipinski definition) is 1. The molecule has 0 bridgehead atoms. The predicted molar refractivity (Wildman–Crippen MR) is 68.5 cm³/mol. The molecular formula is C14H23N. The molecule has 0 fully saturated rings. The van der Waals surface area contributed by atoms with E-state index in [1.807, 2.05) is 0 Å². The van der Waals surface area contributed by atoms with Gasteiger partial charge in [0.15, 0.2) is 0 Å². The predicted octanol–water partition coefficient (Wildman–Crippen LogP) is 4.15. The summed E-state index contributed by atoms with van der Waals surface area (Å²) in [4.78, 5) is 0. The summed E-state index contributed by atoms with van der Waals surface area (Å²) in [6.45, 7) is 9.98. The Balaban J connectivity index is 2.54. The van der Waals surface area contributed by atoms with Gasteiger partial charge >= 0.3 is 0 Å². The van der Waals surface area contributed by atoms with Crippen molar-refractivity contribution in [2.75, 3.05) is 11.9 Å². The number of hydrogen-bond acceptors (Lipinski definition) is 1. The summed E-state index contributed by atoms with van der Waals surface area (Å²) in [5, 5.41) is 3.54. The Kier molecular flexibility index (Phi) is 4.67. The maximum absolute atomic E-state index is 3.54. The van der Waals surface area contributed by atoms with Crippen LogP contribution in [0.5, 0.6) is 0 Å². The average molecular weight is 205 g/mol. The minimum absolute atomic E-state index is 0.759. The molecule has 1 aromatic carbocycles. The van der Waals surface area contributed by atoms with Crippen molar-refractivity contribution in [3.63, 3.8) is 0 Å². The molecule has 1 unspecified atom stereocenters. The Morgan fingerprint density at radius 2 is 2.00 bits per heavy atom. The van der Waals surface area contributed by atoms with Gasteiger partial charge in [-0.2, -0.15) is 0 Å². The van der Waals surface area contributed by atoms with Crippen LogP contribution in [0.3, 0.4) is 0 Å². The summed E-state index contributed by atoms with van der Waals surface area (Å²) in [5.41, 5.74) is 4.03. The lowest BCUT2D eigenvalue weighted by Crippen LogP contribution is -2.11. The molecule has 1 atom stereocenters. The lowest BCUT2D eigenvalue weighted by atomic mass is 10.0. The van der Waals surface area contributed by atoms with Crippen molar-refractivity contribution in [3.8, 4) is 0 Å². The lowest BCUT2D eigenvalue weighted by Gasteiger charge is -2.15. The Hall–Kier alpha value is -0.980. The minimum atomic E-state index is 0.759. The Morgan fingerprint density at radius 3 is 2.67 bits per heavy atom. The molecule has 1 aromatic rings. The Bertz CT molecular complexity index is 304. The van der Waals surface area contributed by atoms with Gasteiger partial charge in [0.25, 0.3) is 0 Å². The zero-order chi connectivity index (χ0) is 11.3. The van der Waals surface area contributed by atoms with Gasteiger partial charge in [-0.05, 0) is 43.4 Å². The Morgan fingerprint density at radius 1 is 1.27 bits per heavy atom. The van der Waals surface area contributed by atoms with Gasteiger partial charge < -0.3 is 5.32 Å². The molecule has 1 N–H and O–H groups in total. The van der Waals surface area contributed by atoms with Crippen LogP contribution in [0.1, 0.15) is 37.8 Å². The molecule has 0 aliphatic heterocycles. The number of benzene rings is 1. The van der Waals surface area contributed by atoms with E-state index in [2.05, 4.69) is 51.2 Å². The Labute approximate surface area is 93.9 Å². The number of aryl methyl sites for hydroxylation is 1. The third-order valence-corrected chi connectivity index (χ3v) is 3.03. The quantitative estimate of drug-likeness (QED) is 0.761. The van der Waals surface area contributed by atoms with E-state index in [-0.39, 0.29) is 0 Å². The van der Waals surface area contributed by atoms with Crippen molar-refractivity contribution in [3.05, 3.63) is 29.3 Å². The first-order valence-corrected chi connectivity index (χ1v) is 5.95. The molecular weight excluding hydrogens is 182 g/mol. The highest BCUT2D eigenvalue weighted by atomic mass is 14.9. The zero-order valence-electron chi connectivity index (χ0n) is 10.4. The molecule has 0 amide bonds. The summed E-state index contributed by atoms with van der Waals surface area (Å²) in [6, 6.07) is 6.45. The van der Waals surface area contributed by atoms with Crippen LogP contribution in [0.4, 0.5) is 5.69 Å². The first kappa shape index (κ1) is 12.1. The van der Waals surface area contributed by atoms with E-state index >= 15 is 0 Å². The maximum atomic E-state index is 3.54. The van der Waals surface area contributed by atoms with E-state index in [4.69, 9.17) is 0 Å². The van der Waals surface area contributed by atoms with Crippen LogP contribution in [0.2, 0.25) is 0 Å². The number of rotatable bonds is 5. The zero-order valence-corrected chi connectivity index (χ0v) is 10.4. The fraction of sp³-hybridized carbons (Fsp3) is 0.571.